The van der Waals surface area contributed by atoms with Gasteiger partial charge in [0.2, 0.25) is 5.91 Å². The Morgan fingerprint density at radius 2 is 1.79 bits per heavy atom. The third kappa shape index (κ3) is 5.19. The highest BCUT2D eigenvalue weighted by Crippen LogP contribution is 2.28. The summed E-state index contributed by atoms with van der Waals surface area (Å²) in [6.45, 7) is 2.01. The summed E-state index contributed by atoms with van der Waals surface area (Å²) in [4.78, 5) is 16.3. The second-order valence-corrected chi connectivity index (χ2v) is 10.7. The van der Waals surface area contributed by atoms with Gasteiger partial charge in [0.25, 0.3) is 0 Å². The lowest BCUT2D eigenvalue weighted by Crippen LogP contribution is -2.54. The Balaban J connectivity index is 1.42. The number of carbonyl (C=O) groups excluding carboxylic acids is 1. The lowest BCUT2D eigenvalue weighted by molar-refractivity contribution is -0.137. The first-order valence-electron chi connectivity index (χ1n) is 10.6. The molecular weight excluding hydrogens is 476 g/mol. The van der Waals surface area contributed by atoms with Crippen molar-refractivity contribution in [3.05, 3.63) is 41.1 Å². The number of halogens is 3. The zero-order chi connectivity index (χ0) is 23.8. The zero-order valence-electron chi connectivity index (χ0n) is 18.0. The molecule has 0 spiro atoms. The standard InChI is InChI=1S/C21H24ClF2N5O3S/c1-33(31,32)18-12-14(23)17(11-15(18)24)25-16-3-2-8-29(21(16)30)13-6-9-28(10-7-13)20-5-4-19(22)26-27-20/h4-5,11-13,16,25H,2-3,6-10H2,1H3/t16-/m0/s1. The number of nitrogens with zero attached hydrogens (tertiary/aromatic N) is 4. The van der Waals surface area contributed by atoms with E-state index in [4.69, 9.17) is 11.6 Å². The number of likely N-dealkylation sites (tertiary alicyclic amines) is 1. The fraction of sp³-hybridized carbons (Fsp3) is 0.476. The van der Waals surface area contributed by atoms with Crippen LogP contribution in [-0.2, 0) is 14.6 Å². The first-order valence-corrected chi connectivity index (χ1v) is 12.9. The monoisotopic (exact) mass is 499 g/mol. The van der Waals surface area contributed by atoms with Crippen LogP contribution in [0.5, 0.6) is 0 Å². The lowest BCUT2D eigenvalue weighted by atomic mass is 9.97. The van der Waals surface area contributed by atoms with Crippen molar-refractivity contribution >= 4 is 38.9 Å². The molecule has 1 N–H and O–H groups in total. The van der Waals surface area contributed by atoms with E-state index >= 15 is 0 Å². The summed E-state index contributed by atoms with van der Waals surface area (Å²) in [7, 11) is -3.90. The highest BCUT2D eigenvalue weighted by Gasteiger charge is 2.35. The van der Waals surface area contributed by atoms with Crippen LogP contribution in [0.3, 0.4) is 0 Å². The van der Waals surface area contributed by atoms with Gasteiger partial charge in [0.05, 0.1) is 5.69 Å². The summed E-state index contributed by atoms with van der Waals surface area (Å²) >= 11 is 5.80. The Hall–Kier alpha value is -2.53. The number of nitrogens with one attached hydrogen (secondary N) is 1. The summed E-state index contributed by atoms with van der Waals surface area (Å²) in [6.07, 6.45) is 3.50. The van der Waals surface area contributed by atoms with Gasteiger partial charge in [-0.05, 0) is 43.9 Å². The van der Waals surface area contributed by atoms with E-state index in [0.29, 0.717) is 37.3 Å². The summed E-state index contributed by atoms with van der Waals surface area (Å²) in [5.41, 5.74) is -0.226. The maximum absolute atomic E-state index is 14.5. The van der Waals surface area contributed by atoms with E-state index in [1.54, 1.807) is 6.07 Å². The molecule has 1 aromatic carbocycles. The van der Waals surface area contributed by atoms with E-state index in [-0.39, 0.29) is 17.6 Å². The number of anilines is 2. The molecule has 33 heavy (non-hydrogen) atoms. The Kier molecular flexibility index (Phi) is 6.71. The predicted octanol–water partition coefficient (Wildman–Crippen LogP) is 2.88. The van der Waals surface area contributed by atoms with Crippen LogP contribution < -0.4 is 10.2 Å². The van der Waals surface area contributed by atoms with Crippen LogP contribution in [0.4, 0.5) is 20.3 Å². The molecule has 0 saturated carbocycles. The summed E-state index contributed by atoms with van der Waals surface area (Å²) in [5.74, 6) is -1.41. The Bertz CT molecular complexity index is 1140. The molecule has 2 fully saturated rings. The molecule has 4 rings (SSSR count). The molecule has 0 radical (unpaired) electrons. The van der Waals surface area contributed by atoms with E-state index in [2.05, 4.69) is 20.4 Å². The van der Waals surface area contributed by atoms with Crippen molar-refractivity contribution in [3.63, 3.8) is 0 Å². The summed E-state index contributed by atoms with van der Waals surface area (Å²) in [6, 6.07) is 4.26. The van der Waals surface area contributed by atoms with Crippen molar-refractivity contribution in [1.82, 2.24) is 15.1 Å². The van der Waals surface area contributed by atoms with Crippen molar-refractivity contribution < 1.29 is 22.0 Å². The number of piperidine rings is 2. The first-order chi connectivity index (χ1) is 15.6. The van der Waals surface area contributed by atoms with Crippen LogP contribution >= 0.6 is 11.6 Å². The van der Waals surface area contributed by atoms with Gasteiger partial charge in [-0.15, -0.1) is 10.2 Å². The zero-order valence-corrected chi connectivity index (χ0v) is 19.5. The largest absolute Gasteiger partial charge is 0.371 e. The van der Waals surface area contributed by atoms with Gasteiger partial charge in [-0.1, -0.05) is 11.6 Å². The quantitative estimate of drug-likeness (QED) is 0.675. The molecule has 2 aliphatic rings. The van der Waals surface area contributed by atoms with Crippen LogP contribution in [-0.4, -0.2) is 67.4 Å². The number of hydrogen-bond donors (Lipinski definition) is 1. The third-order valence-electron chi connectivity index (χ3n) is 6.07. The highest BCUT2D eigenvalue weighted by molar-refractivity contribution is 7.90. The third-order valence-corrected chi connectivity index (χ3v) is 7.38. The maximum atomic E-state index is 14.5. The van der Waals surface area contributed by atoms with Gasteiger partial charge in [-0.2, -0.15) is 0 Å². The van der Waals surface area contributed by atoms with Crippen LogP contribution in [0.1, 0.15) is 25.7 Å². The average molecular weight is 500 g/mol. The summed E-state index contributed by atoms with van der Waals surface area (Å²) < 4.78 is 51.9. The van der Waals surface area contributed by atoms with Crippen LogP contribution in [0.15, 0.2) is 29.2 Å². The number of amides is 1. The van der Waals surface area contributed by atoms with Crippen molar-refractivity contribution in [1.29, 1.82) is 0 Å². The van der Waals surface area contributed by atoms with Crippen molar-refractivity contribution in [2.45, 2.75) is 42.7 Å². The molecule has 1 aromatic heterocycles. The fourth-order valence-corrected chi connectivity index (χ4v) is 5.22. The molecule has 0 unspecified atom stereocenters. The molecule has 12 heteroatoms. The van der Waals surface area contributed by atoms with Gasteiger partial charge in [0.15, 0.2) is 20.8 Å². The minimum atomic E-state index is -3.90. The highest BCUT2D eigenvalue weighted by atomic mass is 35.5. The van der Waals surface area contributed by atoms with Gasteiger partial charge in [0, 0.05) is 38.0 Å². The Morgan fingerprint density at radius 1 is 1.06 bits per heavy atom. The lowest BCUT2D eigenvalue weighted by Gasteiger charge is -2.42. The van der Waals surface area contributed by atoms with E-state index in [9.17, 15) is 22.0 Å². The van der Waals surface area contributed by atoms with Gasteiger partial charge in [-0.3, -0.25) is 4.79 Å². The van der Waals surface area contributed by atoms with E-state index in [0.717, 1.165) is 37.4 Å². The molecule has 1 atom stereocenters. The number of carbonyl (C=O) groups is 1. The molecule has 1 amide bonds. The second kappa shape index (κ2) is 9.38. The molecule has 8 nitrogen and oxygen atoms in total. The Labute approximate surface area is 195 Å². The number of sulfone groups is 1. The van der Waals surface area contributed by atoms with Crippen LogP contribution in [0, 0.1) is 11.6 Å². The van der Waals surface area contributed by atoms with E-state index in [1.807, 2.05) is 11.0 Å². The minimum absolute atomic E-state index is 0.0350. The van der Waals surface area contributed by atoms with Crippen molar-refractivity contribution in [2.75, 3.05) is 36.1 Å². The normalized spacial score (nSPS) is 20.2. The fourth-order valence-electron chi connectivity index (χ4n) is 4.39. The molecule has 3 heterocycles. The molecule has 0 aliphatic carbocycles. The number of benzene rings is 1. The molecule has 2 saturated heterocycles. The topological polar surface area (TPSA) is 95.5 Å². The maximum Gasteiger partial charge on any atom is 0.245 e. The van der Waals surface area contributed by atoms with E-state index < -0.39 is 32.4 Å². The minimum Gasteiger partial charge on any atom is -0.371 e. The van der Waals surface area contributed by atoms with Gasteiger partial charge < -0.3 is 15.1 Å². The van der Waals surface area contributed by atoms with Crippen LogP contribution in [0.25, 0.3) is 0 Å². The van der Waals surface area contributed by atoms with Gasteiger partial charge in [0.1, 0.15) is 22.6 Å². The van der Waals surface area contributed by atoms with Crippen molar-refractivity contribution in [3.8, 4) is 0 Å². The number of rotatable bonds is 5. The predicted molar refractivity (Wildman–Crippen MR) is 120 cm³/mol. The SMILES string of the molecule is CS(=O)(=O)c1cc(F)c(N[C@H]2CCCN(C3CCN(c4ccc(Cl)nn4)CC3)C2=O)cc1F. The van der Waals surface area contributed by atoms with Gasteiger partial charge >= 0.3 is 0 Å². The first kappa shape index (κ1) is 23.6. The number of hydrogen-bond acceptors (Lipinski definition) is 7. The smallest absolute Gasteiger partial charge is 0.245 e. The number of aromatic nitrogens is 2. The van der Waals surface area contributed by atoms with E-state index in [1.165, 1.54) is 0 Å². The molecular formula is C21H24ClF2N5O3S. The average Bonchev–Trinajstić information content (AvgIpc) is 2.77. The Morgan fingerprint density at radius 3 is 2.42 bits per heavy atom. The van der Waals surface area contributed by atoms with Crippen LogP contribution in [0.2, 0.25) is 5.15 Å². The van der Waals surface area contributed by atoms with Gasteiger partial charge in [-0.25, -0.2) is 17.2 Å². The second-order valence-electron chi connectivity index (χ2n) is 8.34. The summed E-state index contributed by atoms with van der Waals surface area (Å²) in [5, 5.41) is 11.1. The van der Waals surface area contributed by atoms with Crippen molar-refractivity contribution in [2.24, 2.45) is 0 Å². The molecule has 178 valence electrons. The molecule has 2 aromatic rings. The molecule has 0 bridgehead atoms. The molecule has 2 aliphatic heterocycles.